The average Bonchev–Trinajstić information content (AvgIpc) is 2.18. The summed E-state index contributed by atoms with van der Waals surface area (Å²) in [6, 6.07) is 0. The number of ether oxygens (including phenoxy) is 1. The van der Waals surface area contributed by atoms with E-state index in [0.29, 0.717) is 12.8 Å². The van der Waals surface area contributed by atoms with E-state index in [-0.39, 0.29) is 6.10 Å². The lowest BCUT2D eigenvalue weighted by molar-refractivity contribution is -0.142. The van der Waals surface area contributed by atoms with Crippen molar-refractivity contribution in [3.63, 3.8) is 0 Å². The molecule has 0 aromatic carbocycles. The molecular weight excluding hydrogens is 176 g/mol. The van der Waals surface area contributed by atoms with Crippen LogP contribution in [0.5, 0.6) is 0 Å². The molecule has 0 bridgehead atoms. The Morgan fingerprint density at radius 2 is 2.21 bits per heavy atom. The van der Waals surface area contributed by atoms with E-state index in [1.165, 1.54) is 0 Å². The van der Waals surface area contributed by atoms with Crippen LogP contribution in [0.3, 0.4) is 0 Å². The molecule has 2 nitrogen and oxygen atoms in total. The Kier molecular flexibility index (Phi) is 7.26. The van der Waals surface area contributed by atoms with E-state index in [9.17, 15) is 4.79 Å². The fraction of sp³-hybridized carbons (Fsp3) is 0.417. The highest BCUT2D eigenvalue weighted by molar-refractivity contribution is 5.81. The number of rotatable bonds is 5. The molecule has 0 saturated carbocycles. The van der Waals surface area contributed by atoms with Crippen LogP contribution in [0.4, 0.5) is 0 Å². The molecule has 0 amide bonds. The van der Waals surface area contributed by atoms with Crippen LogP contribution in [0.1, 0.15) is 26.2 Å². The van der Waals surface area contributed by atoms with Crippen LogP contribution < -0.4 is 0 Å². The smallest absolute Gasteiger partial charge is 0.330 e. The molecule has 0 spiro atoms. The molecule has 0 heterocycles. The summed E-state index contributed by atoms with van der Waals surface area (Å²) < 4.78 is 5.06. The molecule has 0 radical (unpaired) electrons. The Balaban J connectivity index is 4.06. The molecule has 0 saturated heterocycles. The van der Waals surface area contributed by atoms with E-state index in [2.05, 4.69) is 25.0 Å². The molecule has 0 aromatic heterocycles. The van der Waals surface area contributed by atoms with Gasteiger partial charge in [0.15, 0.2) is 0 Å². The lowest BCUT2D eigenvalue weighted by Crippen LogP contribution is -2.15. The van der Waals surface area contributed by atoms with Gasteiger partial charge in [-0.25, -0.2) is 4.79 Å². The number of esters is 1. The largest absolute Gasteiger partial charge is 0.458 e. The molecule has 14 heavy (non-hydrogen) atoms. The van der Waals surface area contributed by atoms with Crippen molar-refractivity contribution in [2.75, 3.05) is 0 Å². The molecule has 0 aliphatic rings. The maximum atomic E-state index is 10.9. The highest BCUT2D eigenvalue weighted by atomic mass is 16.5. The molecule has 0 aliphatic heterocycles. The molecule has 2 heteroatoms. The summed E-state index contributed by atoms with van der Waals surface area (Å²) in [5.74, 6) is 5.46. The molecule has 0 fully saturated rings. The van der Waals surface area contributed by atoms with Gasteiger partial charge in [0.25, 0.3) is 0 Å². The molecule has 0 aromatic rings. The lowest BCUT2D eigenvalue weighted by atomic mass is 10.2. The van der Waals surface area contributed by atoms with Gasteiger partial charge < -0.3 is 4.74 Å². The Hall–Kier alpha value is -1.49. The molecule has 0 N–H and O–H groups in total. The summed E-state index contributed by atoms with van der Waals surface area (Å²) in [6.45, 7) is 8.91. The van der Waals surface area contributed by atoms with Gasteiger partial charge in [0, 0.05) is 25.3 Å². The summed E-state index contributed by atoms with van der Waals surface area (Å²) in [6.07, 6.45) is 4.67. The van der Waals surface area contributed by atoms with Gasteiger partial charge in [-0.2, -0.15) is 0 Å². The Morgan fingerprint density at radius 1 is 1.50 bits per heavy atom. The lowest BCUT2D eigenvalue weighted by Gasteiger charge is -2.11. The Bertz CT molecular complexity index is 255. The van der Waals surface area contributed by atoms with Crippen LogP contribution in [0.25, 0.3) is 0 Å². The van der Waals surface area contributed by atoms with Crippen molar-refractivity contribution < 1.29 is 9.53 Å². The normalized spacial score (nSPS) is 10.6. The van der Waals surface area contributed by atoms with Crippen LogP contribution >= 0.6 is 0 Å². The van der Waals surface area contributed by atoms with Crippen molar-refractivity contribution in [2.24, 2.45) is 0 Å². The van der Waals surface area contributed by atoms with Gasteiger partial charge in [-0.1, -0.05) is 25.5 Å². The number of hydrogen-bond acceptors (Lipinski definition) is 2. The van der Waals surface area contributed by atoms with E-state index in [4.69, 9.17) is 4.74 Å². The molecule has 1 atom stereocenters. The highest BCUT2D eigenvalue weighted by Crippen LogP contribution is 2.04. The Labute approximate surface area is 85.6 Å². The standard InChI is InChI=1S/C12H16O2/c1-4-7-8-10-11(9-5-2)14-12(13)6-3/h5-6,11H,2-4,9-10H2,1H3/t11-/m1/s1. The van der Waals surface area contributed by atoms with Gasteiger partial charge in [-0.15, -0.1) is 12.5 Å². The highest BCUT2D eigenvalue weighted by Gasteiger charge is 2.08. The fourth-order valence-electron chi connectivity index (χ4n) is 0.882. The van der Waals surface area contributed by atoms with Crippen LogP contribution in [0.15, 0.2) is 25.3 Å². The molecule has 0 rings (SSSR count). The van der Waals surface area contributed by atoms with Crippen LogP contribution in [-0.4, -0.2) is 12.1 Å². The molecule has 0 unspecified atom stereocenters. The summed E-state index contributed by atoms with van der Waals surface area (Å²) >= 11 is 0. The first-order chi connectivity index (χ1) is 6.74. The van der Waals surface area contributed by atoms with Crippen LogP contribution in [-0.2, 0) is 9.53 Å². The summed E-state index contributed by atoms with van der Waals surface area (Å²) in [5, 5.41) is 0. The van der Waals surface area contributed by atoms with Crippen molar-refractivity contribution in [3.8, 4) is 11.8 Å². The number of carbonyl (C=O) groups is 1. The van der Waals surface area contributed by atoms with E-state index < -0.39 is 5.97 Å². The first-order valence-corrected chi connectivity index (χ1v) is 4.64. The predicted molar refractivity (Wildman–Crippen MR) is 57.6 cm³/mol. The predicted octanol–water partition coefficient (Wildman–Crippen LogP) is 2.46. The van der Waals surface area contributed by atoms with Crippen molar-refractivity contribution in [3.05, 3.63) is 25.3 Å². The fourth-order valence-corrected chi connectivity index (χ4v) is 0.882. The van der Waals surface area contributed by atoms with Gasteiger partial charge in [0.2, 0.25) is 0 Å². The monoisotopic (exact) mass is 192 g/mol. The van der Waals surface area contributed by atoms with Crippen molar-refractivity contribution >= 4 is 5.97 Å². The second-order valence-corrected chi connectivity index (χ2v) is 2.70. The Morgan fingerprint density at radius 3 is 2.71 bits per heavy atom. The molecule has 0 aliphatic carbocycles. The zero-order chi connectivity index (χ0) is 10.8. The molecular formula is C12H16O2. The minimum atomic E-state index is -0.407. The van der Waals surface area contributed by atoms with Gasteiger partial charge in [-0.3, -0.25) is 0 Å². The summed E-state index contributed by atoms with van der Waals surface area (Å²) in [4.78, 5) is 10.9. The number of carbonyl (C=O) groups excluding carboxylic acids is 1. The SMILES string of the molecule is C=CC[C@H](CC#CCC)OC(=O)C=C. The minimum absolute atomic E-state index is 0.197. The van der Waals surface area contributed by atoms with Crippen molar-refractivity contribution in [1.82, 2.24) is 0 Å². The third kappa shape index (κ3) is 6.07. The third-order valence-electron chi connectivity index (χ3n) is 1.51. The molecule has 76 valence electrons. The second kappa shape index (κ2) is 8.12. The minimum Gasteiger partial charge on any atom is -0.458 e. The average molecular weight is 192 g/mol. The van der Waals surface area contributed by atoms with Crippen molar-refractivity contribution in [2.45, 2.75) is 32.3 Å². The van der Waals surface area contributed by atoms with E-state index in [1.807, 2.05) is 6.92 Å². The first kappa shape index (κ1) is 12.5. The van der Waals surface area contributed by atoms with Gasteiger partial charge in [0.1, 0.15) is 6.10 Å². The van der Waals surface area contributed by atoms with Crippen molar-refractivity contribution in [1.29, 1.82) is 0 Å². The number of hydrogen-bond donors (Lipinski definition) is 0. The maximum absolute atomic E-state index is 10.9. The van der Waals surface area contributed by atoms with Gasteiger partial charge in [0.05, 0.1) is 0 Å². The first-order valence-electron chi connectivity index (χ1n) is 4.64. The van der Waals surface area contributed by atoms with E-state index >= 15 is 0 Å². The topological polar surface area (TPSA) is 26.3 Å². The zero-order valence-corrected chi connectivity index (χ0v) is 8.58. The quantitative estimate of drug-likeness (QED) is 0.289. The van der Waals surface area contributed by atoms with Gasteiger partial charge >= 0.3 is 5.97 Å². The maximum Gasteiger partial charge on any atom is 0.330 e. The van der Waals surface area contributed by atoms with Crippen LogP contribution in [0.2, 0.25) is 0 Å². The van der Waals surface area contributed by atoms with Crippen LogP contribution in [0, 0.1) is 11.8 Å². The third-order valence-corrected chi connectivity index (χ3v) is 1.51. The second-order valence-electron chi connectivity index (χ2n) is 2.70. The van der Waals surface area contributed by atoms with E-state index in [1.54, 1.807) is 6.08 Å². The van der Waals surface area contributed by atoms with Gasteiger partial charge in [-0.05, 0) is 0 Å². The summed E-state index contributed by atoms with van der Waals surface area (Å²) in [7, 11) is 0. The zero-order valence-electron chi connectivity index (χ0n) is 8.58. The van der Waals surface area contributed by atoms with E-state index in [0.717, 1.165) is 12.5 Å². The summed E-state index contributed by atoms with van der Waals surface area (Å²) in [5.41, 5.74) is 0.